The van der Waals surface area contributed by atoms with Gasteiger partial charge < -0.3 is 5.32 Å². The van der Waals surface area contributed by atoms with Crippen molar-refractivity contribution < 1.29 is 4.79 Å². The third-order valence-electron chi connectivity index (χ3n) is 2.69. The summed E-state index contributed by atoms with van der Waals surface area (Å²) in [7, 11) is 0. The van der Waals surface area contributed by atoms with Crippen LogP contribution >= 0.6 is 11.6 Å². The van der Waals surface area contributed by atoms with Crippen LogP contribution in [0.5, 0.6) is 0 Å². The van der Waals surface area contributed by atoms with Crippen molar-refractivity contribution in [1.29, 1.82) is 0 Å². The Bertz CT molecular complexity index is 588. The quantitative estimate of drug-likeness (QED) is 0.836. The molecule has 0 radical (unpaired) electrons. The Kier molecular flexibility index (Phi) is 4.37. The first kappa shape index (κ1) is 13.4. The number of hydrogen-bond donors (Lipinski definition) is 1. The molecule has 2 rings (SSSR count). The van der Waals surface area contributed by atoms with Gasteiger partial charge in [-0.2, -0.15) is 0 Å². The Labute approximate surface area is 117 Å². The monoisotopic (exact) mass is 271 g/mol. The number of rotatable bonds is 4. The van der Waals surface area contributed by atoms with Gasteiger partial charge in [0.1, 0.15) is 0 Å². The van der Waals surface area contributed by atoms with Crippen LogP contribution in [0.25, 0.3) is 5.57 Å². The van der Waals surface area contributed by atoms with Crippen molar-refractivity contribution in [2.24, 2.45) is 0 Å². The van der Waals surface area contributed by atoms with Crippen molar-refractivity contribution in [1.82, 2.24) is 0 Å². The van der Waals surface area contributed by atoms with E-state index in [1.807, 2.05) is 42.5 Å². The summed E-state index contributed by atoms with van der Waals surface area (Å²) in [6.45, 7) is 1.56. The Morgan fingerprint density at radius 1 is 1.05 bits per heavy atom. The van der Waals surface area contributed by atoms with Crippen molar-refractivity contribution in [2.75, 3.05) is 5.32 Å². The summed E-state index contributed by atoms with van der Waals surface area (Å²) in [6, 6.07) is 16.9. The number of halogens is 1. The number of nitrogens with one attached hydrogen (secondary N) is 1. The fourth-order valence-corrected chi connectivity index (χ4v) is 1.83. The minimum atomic E-state index is 0.0210. The molecule has 0 bridgehead atoms. The van der Waals surface area contributed by atoms with Gasteiger partial charge in [0, 0.05) is 22.5 Å². The number of allylic oxidation sites excluding steroid dienone is 1. The van der Waals surface area contributed by atoms with E-state index in [1.165, 1.54) is 0 Å². The highest BCUT2D eigenvalue weighted by Gasteiger charge is 2.06. The topological polar surface area (TPSA) is 29.1 Å². The second-order valence-corrected chi connectivity index (χ2v) is 4.57. The summed E-state index contributed by atoms with van der Waals surface area (Å²) in [6.07, 6.45) is 1.72. The molecule has 2 nitrogen and oxygen atoms in total. The van der Waals surface area contributed by atoms with Gasteiger partial charge in [0.2, 0.25) is 0 Å². The van der Waals surface area contributed by atoms with Crippen molar-refractivity contribution in [3.05, 3.63) is 71.4 Å². The minimum Gasteiger partial charge on any atom is -0.361 e. The van der Waals surface area contributed by atoms with Gasteiger partial charge in [0.15, 0.2) is 5.78 Å². The lowest BCUT2D eigenvalue weighted by Gasteiger charge is -2.06. The highest BCUT2D eigenvalue weighted by atomic mass is 35.5. The molecule has 0 fully saturated rings. The summed E-state index contributed by atoms with van der Waals surface area (Å²) in [5, 5.41) is 3.79. The molecule has 0 heterocycles. The second kappa shape index (κ2) is 6.21. The van der Waals surface area contributed by atoms with Gasteiger partial charge in [-0.15, -0.1) is 0 Å². The Hall–Kier alpha value is -2.06. The molecule has 3 heteroatoms. The smallest absolute Gasteiger partial charge is 0.161 e. The highest BCUT2D eigenvalue weighted by molar-refractivity contribution is 6.30. The van der Waals surface area contributed by atoms with E-state index in [4.69, 9.17) is 11.6 Å². The lowest BCUT2D eigenvalue weighted by atomic mass is 10.0. The molecule has 0 aromatic heterocycles. The van der Waals surface area contributed by atoms with Crippen molar-refractivity contribution in [2.45, 2.75) is 6.92 Å². The van der Waals surface area contributed by atoms with Crippen molar-refractivity contribution >= 4 is 28.6 Å². The van der Waals surface area contributed by atoms with Gasteiger partial charge in [-0.3, -0.25) is 4.79 Å². The molecule has 0 unspecified atom stereocenters. The van der Waals surface area contributed by atoms with Gasteiger partial charge in [0.25, 0.3) is 0 Å². The SMILES string of the molecule is CC(=O)C(=CNc1ccc(Cl)cc1)c1ccccc1. The maximum Gasteiger partial charge on any atom is 0.161 e. The van der Waals surface area contributed by atoms with Crippen LogP contribution in [-0.2, 0) is 4.79 Å². The molecule has 0 atom stereocenters. The largest absolute Gasteiger partial charge is 0.361 e. The molecule has 0 aliphatic carbocycles. The van der Waals surface area contributed by atoms with Crippen LogP contribution in [0.3, 0.4) is 0 Å². The van der Waals surface area contributed by atoms with Gasteiger partial charge in [-0.1, -0.05) is 41.9 Å². The molecule has 0 saturated heterocycles. The normalized spacial score (nSPS) is 11.2. The van der Waals surface area contributed by atoms with E-state index in [2.05, 4.69) is 5.32 Å². The first-order chi connectivity index (χ1) is 9.16. The van der Waals surface area contributed by atoms with E-state index in [0.29, 0.717) is 10.6 Å². The fourth-order valence-electron chi connectivity index (χ4n) is 1.71. The van der Waals surface area contributed by atoms with Crippen LogP contribution in [0.2, 0.25) is 5.02 Å². The molecule has 0 saturated carbocycles. The second-order valence-electron chi connectivity index (χ2n) is 4.13. The zero-order valence-corrected chi connectivity index (χ0v) is 11.3. The third-order valence-corrected chi connectivity index (χ3v) is 2.94. The molecule has 2 aromatic rings. The van der Waals surface area contributed by atoms with Crippen LogP contribution in [0, 0.1) is 0 Å². The molecule has 0 aliphatic rings. The fraction of sp³-hybridized carbons (Fsp3) is 0.0625. The molecule has 2 aromatic carbocycles. The summed E-state index contributed by atoms with van der Waals surface area (Å²) in [4.78, 5) is 11.7. The van der Waals surface area contributed by atoms with Gasteiger partial charge in [-0.25, -0.2) is 0 Å². The van der Waals surface area contributed by atoms with E-state index in [-0.39, 0.29) is 5.78 Å². The maximum absolute atomic E-state index is 11.7. The first-order valence-corrected chi connectivity index (χ1v) is 6.33. The minimum absolute atomic E-state index is 0.0210. The van der Waals surface area contributed by atoms with Gasteiger partial charge >= 0.3 is 0 Å². The molecular formula is C16H14ClNO. The number of ketones is 1. The number of hydrogen-bond acceptors (Lipinski definition) is 2. The zero-order chi connectivity index (χ0) is 13.7. The number of Topliss-reactive ketones (excluding diaryl/α,β-unsaturated/α-hetero) is 1. The predicted molar refractivity (Wildman–Crippen MR) is 80.2 cm³/mol. The Balaban J connectivity index is 2.23. The molecule has 0 amide bonds. The third kappa shape index (κ3) is 3.70. The van der Waals surface area contributed by atoms with Gasteiger partial charge in [0.05, 0.1) is 0 Å². The summed E-state index contributed by atoms with van der Waals surface area (Å²) in [5.74, 6) is 0.0210. The van der Waals surface area contributed by atoms with Crippen LogP contribution in [0.1, 0.15) is 12.5 Å². The molecule has 0 spiro atoms. The predicted octanol–water partition coefficient (Wildman–Crippen LogP) is 4.38. The average Bonchev–Trinajstić information content (AvgIpc) is 2.42. The number of benzene rings is 2. The summed E-state index contributed by atoms with van der Waals surface area (Å²) >= 11 is 5.82. The number of carbonyl (C=O) groups excluding carboxylic acids is 1. The van der Waals surface area contributed by atoms with Gasteiger partial charge in [-0.05, 0) is 36.8 Å². The van der Waals surface area contributed by atoms with Crippen LogP contribution in [0.15, 0.2) is 60.8 Å². The molecule has 0 aliphatic heterocycles. The molecule has 19 heavy (non-hydrogen) atoms. The van der Waals surface area contributed by atoms with E-state index in [9.17, 15) is 4.79 Å². The molecular weight excluding hydrogens is 258 g/mol. The van der Waals surface area contributed by atoms with E-state index < -0.39 is 0 Å². The lowest BCUT2D eigenvalue weighted by Crippen LogP contribution is -1.99. The van der Waals surface area contributed by atoms with Crippen LogP contribution in [-0.4, -0.2) is 5.78 Å². The standard InChI is InChI=1S/C16H14ClNO/c1-12(19)16(13-5-3-2-4-6-13)11-18-15-9-7-14(17)8-10-15/h2-11,18H,1H3. The Morgan fingerprint density at radius 2 is 1.68 bits per heavy atom. The molecule has 96 valence electrons. The first-order valence-electron chi connectivity index (χ1n) is 5.95. The van der Waals surface area contributed by atoms with E-state index in [0.717, 1.165) is 11.3 Å². The summed E-state index contributed by atoms with van der Waals surface area (Å²) < 4.78 is 0. The van der Waals surface area contributed by atoms with E-state index >= 15 is 0 Å². The number of carbonyl (C=O) groups is 1. The van der Waals surface area contributed by atoms with Crippen molar-refractivity contribution in [3.8, 4) is 0 Å². The summed E-state index contributed by atoms with van der Waals surface area (Å²) in [5.41, 5.74) is 2.44. The molecule has 1 N–H and O–H groups in total. The van der Waals surface area contributed by atoms with E-state index in [1.54, 1.807) is 25.3 Å². The van der Waals surface area contributed by atoms with Crippen LogP contribution in [0.4, 0.5) is 5.69 Å². The maximum atomic E-state index is 11.7. The highest BCUT2D eigenvalue weighted by Crippen LogP contribution is 2.17. The lowest BCUT2D eigenvalue weighted by molar-refractivity contribution is -0.111. The Morgan fingerprint density at radius 3 is 2.26 bits per heavy atom. The average molecular weight is 272 g/mol. The number of anilines is 1. The van der Waals surface area contributed by atoms with Crippen LogP contribution < -0.4 is 5.32 Å². The zero-order valence-electron chi connectivity index (χ0n) is 10.6. The van der Waals surface area contributed by atoms with Crippen molar-refractivity contribution in [3.63, 3.8) is 0 Å².